The molecule has 5 heteroatoms. The summed E-state index contributed by atoms with van der Waals surface area (Å²) in [6.07, 6.45) is 3.47. The summed E-state index contributed by atoms with van der Waals surface area (Å²) in [5, 5.41) is 1.45. The highest BCUT2D eigenvalue weighted by Gasteiger charge is 2.24. The minimum Gasteiger partial charge on any atom is -0.340 e. The van der Waals surface area contributed by atoms with Crippen LogP contribution in [-0.2, 0) is 11.3 Å². The number of aromatic nitrogens is 1. The summed E-state index contributed by atoms with van der Waals surface area (Å²) in [4.78, 5) is 14.1. The van der Waals surface area contributed by atoms with E-state index in [0.29, 0.717) is 19.5 Å². The maximum absolute atomic E-state index is 13.7. The molecule has 0 aliphatic carbocycles. The van der Waals surface area contributed by atoms with Crippen LogP contribution in [0.2, 0.25) is 0 Å². The van der Waals surface area contributed by atoms with Crippen LogP contribution in [0.5, 0.6) is 0 Å². The van der Waals surface area contributed by atoms with E-state index in [9.17, 15) is 13.6 Å². The maximum Gasteiger partial charge on any atom is 0.222 e. The summed E-state index contributed by atoms with van der Waals surface area (Å²) in [7, 11) is 0. The Morgan fingerprint density at radius 2 is 1.62 bits per heavy atom. The fourth-order valence-electron chi connectivity index (χ4n) is 4.13. The van der Waals surface area contributed by atoms with Crippen molar-refractivity contribution in [3.05, 3.63) is 48.0 Å². The van der Waals surface area contributed by atoms with Crippen LogP contribution in [0.4, 0.5) is 8.78 Å². The van der Waals surface area contributed by atoms with Crippen molar-refractivity contribution in [2.24, 2.45) is 0 Å². The van der Waals surface area contributed by atoms with Crippen LogP contribution >= 0.6 is 0 Å². The summed E-state index contributed by atoms with van der Waals surface area (Å²) >= 11 is 0. The zero-order valence-electron chi connectivity index (χ0n) is 14.8. The monoisotopic (exact) mass is 356 g/mol. The number of carbonyl (C=O) groups is 1. The number of carbonyl (C=O) groups excluding carboxylic acids is 1. The molecule has 0 saturated carbocycles. The third-order valence-corrected chi connectivity index (χ3v) is 5.43. The number of rotatable bonds is 4. The highest BCUT2D eigenvalue weighted by Crippen LogP contribution is 2.30. The second-order valence-corrected chi connectivity index (χ2v) is 7.16. The van der Waals surface area contributed by atoms with Crippen molar-refractivity contribution in [2.75, 3.05) is 6.54 Å². The van der Waals surface area contributed by atoms with E-state index in [-0.39, 0.29) is 23.6 Å². The largest absolute Gasteiger partial charge is 0.340 e. The zero-order valence-corrected chi connectivity index (χ0v) is 14.8. The lowest BCUT2D eigenvalue weighted by atomic mass is 10.0. The molecule has 1 aliphatic rings. The smallest absolute Gasteiger partial charge is 0.222 e. The molecule has 0 bridgehead atoms. The van der Waals surface area contributed by atoms with E-state index in [0.717, 1.165) is 41.1 Å². The minimum atomic E-state index is -0.325. The third-order valence-electron chi connectivity index (χ3n) is 5.43. The molecular weight excluding hydrogens is 334 g/mol. The van der Waals surface area contributed by atoms with Gasteiger partial charge in [-0.25, -0.2) is 8.78 Å². The number of halogens is 2. The van der Waals surface area contributed by atoms with Crippen molar-refractivity contribution < 1.29 is 13.6 Å². The molecule has 1 amide bonds. The number of likely N-dealkylation sites (tertiary alicyclic amines) is 1. The van der Waals surface area contributed by atoms with Crippen LogP contribution in [0, 0.1) is 11.6 Å². The molecule has 0 unspecified atom stereocenters. The molecular formula is C21H22F2N2O. The van der Waals surface area contributed by atoms with Gasteiger partial charge in [0.15, 0.2) is 0 Å². The molecule has 2 aromatic carbocycles. The molecule has 0 N–H and O–H groups in total. The van der Waals surface area contributed by atoms with E-state index in [1.165, 1.54) is 24.3 Å². The van der Waals surface area contributed by atoms with Crippen LogP contribution in [-0.4, -0.2) is 28.0 Å². The first-order valence-corrected chi connectivity index (χ1v) is 9.21. The van der Waals surface area contributed by atoms with E-state index >= 15 is 0 Å². The molecule has 2 heterocycles. The van der Waals surface area contributed by atoms with E-state index in [4.69, 9.17) is 0 Å². The molecule has 1 fully saturated rings. The molecule has 1 aliphatic heterocycles. The fourth-order valence-corrected chi connectivity index (χ4v) is 4.13. The van der Waals surface area contributed by atoms with Crippen LogP contribution in [0.15, 0.2) is 36.4 Å². The van der Waals surface area contributed by atoms with E-state index < -0.39 is 0 Å². The normalized spacial score (nSPS) is 18.2. The zero-order chi connectivity index (χ0) is 18.3. The van der Waals surface area contributed by atoms with Crippen LogP contribution in [0.1, 0.15) is 32.6 Å². The molecule has 1 saturated heterocycles. The van der Waals surface area contributed by atoms with Crippen molar-refractivity contribution >= 4 is 27.7 Å². The van der Waals surface area contributed by atoms with Crippen LogP contribution in [0.3, 0.4) is 0 Å². The van der Waals surface area contributed by atoms with Gasteiger partial charge in [-0.3, -0.25) is 4.79 Å². The first kappa shape index (κ1) is 17.0. The van der Waals surface area contributed by atoms with Gasteiger partial charge in [-0.2, -0.15) is 0 Å². The van der Waals surface area contributed by atoms with Gasteiger partial charge in [-0.15, -0.1) is 0 Å². The summed E-state index contributed by atoms with van der Waals surface area (Å²) in [5.41, 5.74) is 1.79. The fraction of sp³-hybridized carbons (Fsp3) is 0.381. The quantitative estimate of drug-likeness (QED) is 0.655. The molecule has 26 heavy (non-hydrogen) atoms. The Kier molecular flexibility index (Phi) is 4.39. The van der Waals surface area contributed by atoms with Crippen molar-refractivity contribution in [3.63, 3.8) is 0 Å². The SMILES string of the molecule is C[C@H]1CCCC(=O)N1CCCn1c2ccc(F)cc2c2cc(F)ccc21. The van der Waals surface area contributed by atoms with E-state index in [1.54, 1.807) is 12.1 Å². The van der Waals surface area contributed by atoms with Gasteiger partial charge in [0, 0.05) is 47.4 Å². The summed E-state index contributed by atoms with van der Waals surface area (Å²) < 4.78 is 29.5. The molecule has 136 valence electrons. The second-order valence-electron chi connectivity index (χ2n) is 7.16. The molecule has 0 radical (unpaired) electrons. The van der Waals surface area contributed by atoms with Gasteiger partial charge < -0.3 is 9.47 Å². The number of hydrogen-bond donors (Lipinski definition) is 0. The van der Waals surface area contributed by atoms with Gasteiger partial charge in [-0.05, 0) is 62.6 Å². The minimum absolute atomic E-state index is 0.232. The molecule has 3 aromatic rings. The summed E-state index contributed by atoms with van der Waals surface area (Å²) in [6, 6.07) is 9.58. The number of aryl methyl sites for hydroxylation is 1. The number of piperidine rings is 1. The lowest BCUT2D eigenvalue weighted by Crippen LogP contribution is -2.42. The molecule has 0 spiro atoms. The third kappa shape index (κ3) is 2.96. The second kappa shape index (κ2) is 6.71. The Morgan fingerprint density at radius 3 is 2.19 bits per heavy atom. The lowest BCUT2D eigenvalue weighted by Gasteiger charge is -2.33. The topological polar surface area (TPSA) is 25.2 Å². The molecule has 1 atom stereocenters. The first-order chi connectivity index (χ1) is 12.5. The Hall–Kier alpha value is -2.43. The van der Waals surface area contributed by atoms with E-state index in [1.807, 2.05) is 4.90 Å². The first-order valence-electron chi connectivity index (χ1n) is 9.21. The van der Waals surface area contributed by atoms with Crippen molar-refractivity contribution in [2.45, 2.75) is 45.2 Å². The molecule has 4 rings (SSSR count). The van der Waals surface area contributed by atoms with Crippen molar-refractivity contribution in [3.8, 4) is 0 Å². The van der Waals surface area contributed by atoms with Crippen LogP contribution < -0.4 is 0 Å². The Bertz CT molecular complexity index is 920. The molecule has 1 aromatic heterocycles. The molecule has 3 nitrogen and oxygen atoms in total. The van der Waals surface area contributed by atoms with Gasteiger partial charge in [0.1, 0.15) is 11.6 Å². The summed E-state index contributed by atoms with van der Waals surface area (Å²) in [6.45, 7) is 3.51. The predicted molar refractivity (Wildman–Crippen MR) is 99.0 cm³/mol. The van der Waals surface area contributed by atoms with E-state index in [2.05, 4.69) is 11.5 Å². The predicted octanol–water partition coefficient (Wildman–Crippen LogP) is 4.86. The number of amides is 1. The average Bonchev–Trinajstić information content (AvgIpc) is 2.90. The van der Waals surface area contributed by atoms with Gasteiger partial charge in [0.25, 0.3) is 0 Å². The van der Waals surface area contributed by atoms with Crippen LogP contribution in [0.25, 0.3) is 21.8 Å². The number of benzene rings is 2. The van der Waals surface area contributed by atoms with Crippen molar-refractivity contribution in [1.29, 1.82) is 0 Å². The maximum atomic E-state index is 13.7. The average molecular weight is 356 g/mol. The Balaban J connectivity index is 1.64. The Labute approximate surface area is 151 Å². The van der Waals surface area contributed by atoms with Gasteiger partial charge in [-0.1, -0.05) is 0 Å². The van der Waals surface area contributed by atoms with Gasteiger partial charge in [0.2, 0.25) is 5.91 Å². The highest BCUT2D eigenvalue weighted by molar-refractivity contribution is 6.08. The Morgan fingerprint density at radius 1 is 1.00 bits per heavy atom. The summed E-state index contributed by atoms with van der Waals surface area (Å²) in [5.74, 6) is -0.419. The van der Waals surface area contributed by atoms with Gasteiger partial charge in [0.05, 0.1) is 0 Å². The number of fused-ring (bicyclic) bond motifs is 3. The van der Waals surface area contributed by atoms with Crippen molar-refractivity contribution in [1.82, 2.24) is 9.47 Å². The standard InChI is InChI=1S/C21H22F2N2O/c1-14-4-2-5-21(26)24(14)10-3-11-25-19-8-6-15(22)12-17(19)18-13-16(23)7-9-20(18)25/h6-9,12-14H,2-5,10-11H2,1H3/t14-/m0/s1. The van der Waals surface area contributed by atoms with Gasteiger partial charge >= 0.3 is 0 Å². The highest BCUT2D eigenvalue weighted by atomic mass is 19.1. The lowest BCUT2D eigenvalue weighted by molar-refractivity contribution is -0.135. The number of nitrogens with zero attached hydrogens (tertiary/aromatic N) is 2. The number of hydrogen-bond acceptors (Lipinski definition) is 1.